The van der Waals surface area contributed by atoms with Gasteiger partial charge >= 0.3 is 5.97 Å². The Morgan fingerprint density at radius 3 is 2.84 bits per heavy atom. The summed E-state index contributed by atoms with van der Waals surface area (Å²) >= 11 is 0. The monoisotopic (exact) mass is 260 g/mol. The molecule has 0 aliphatic heterocycles. The lowest BCUT2D eigenvalue weighted by Crippen LogP contribution is -2.09. The molecule has 0 heterocycles. The van der Waals surface area contributed by atoms with Crippen molar-refractivity contribution < 1.29 is 9.53 Å². The maximum absolute atomic E-state index is 11.8. The number of allylic oxidation sites excluding steroid dienone is 4. The van der Waals surface area contributed by atoms with Crippen LogP contribution in [0.25, 0.3) is 0 Å². The van der Waals surface area contributed by atoms with Crippen LogP contribution in [0.4, 0.5) is 0 Å². The molecule has 104 valence electrons. The molecule has 0 unspecified atom stereocenters. The standard InChI is InChI=1S/C17H24O2/c1-5-8-10-14-11-12-15(16(14)9-6-2)13(4)17(18)19-7-3/h5-6,9,14H,1,4,7-8,10-12H2,2-3H3/b9-6-/t14-/m0/s1. The molecular weight excluding hydrogens is 236 g/mol. The largest absolute Gasteiger partial charge is 0.462 e. The summed E-state index contributed by atoms with van der Waals surface area (Å²) in [7, 11) is 0. The molecule has 0 aromatic carbocycles. The van der Waals surface area contributed by atoms with Crippen LogP contribution >= 0.6 is 0 Å². The van der Waals surface area contributed by atoms with Gasteiger partial charge in [0.15, 0.2) is 0 Å². The zero-order valence-electron chi connectivity index (χ0n) is 12.1. The van der Waals surface area contributed by atoms with Crippen molar-refractivity contribution in [3.05, 3.63) is 48.1 Å². The summed E-state index contributed by atoms with van der Waals surface area (Å²) in [4.78, 5) is 11.8. The summed E-state index contributed by atoms with van der Waals surface area (Å²) < 4.78 is 5.05. The first kappa shape index (κ1) is 15.5. The first-order valence-corrected chi connectivity index (χ1v) is 6.98. The van der Waals surface area contributed by atoms with E-state index in [1.54, 1.807) is 0 Å². The molecule has 0 bridgehead atoms. The van der Waals surface area contributed by atoms with Crippen LogP contribution in [0, 0.1) is 5.92 Å². The number of carbonyl (C=O) groups is 1. The van der Waals surface area contributed by atoms with E-state index in [-0.39, 0.29) is 5.97 Å². The molecule has 0 aromatic rings. The molecule has 0 radical (unpaired) electrons. The van der Waals surface area contributed by atoms with Crippen molar-refractivity contribution in [2.45, 2.75) is 39.5 Å². The molecule has 2 heteroatoms. The highest BCUT2D eigenvalue weighted by Crippen LogP contribution is 2.39. The van der Waals surface area contributed by atoms with E-state index in [2.05, 4.69) is 19.2 Å². The van der Waals surface area contributed by atoms with Gasteiger partial charge in [0.1, 0.15) is 0 Å². The summed E-state index contributed by atoms with van der Waals surface area (Å²) in [5.74, 6) is 0.222. The Labute approximate surface area is 116 Å². The summed E-state index contributed by atoms with van der Waals surface area (Å²) in [5.41, 5.74) is 2.85. The minimum Gasteiger partial charge on any atom is -0.462 e. The van der Waals surface area contributed by atoms with E-state index in [1.165, 1.54) is 5.57 Å². The number of esters is 1. The molecule has 0 aromatic heterocycles. The van der Waals surface area contributed by atoms with E-state index in [0.717, 1.165) is 31.3 Å². The third-order valence-corrected chi connectivity index (χ3v) is 3.48. The average Bonchev–Trinajstić information content (AvgIpc) is 2.79. The van der Waals surface area contributed by atoms with Gasteiger partial charge in [0.25, 0.3) is 0 Å². The first-order chi connectivity index (χ1) is 9.15. The lowest BCUT2D eigenvalue weighted by atomic mass is 9.94. The van der Waals surface area contributed by atoms with Crippen molar-refractivity contribution in [3.8, 4) is 0 Å². The molecule has 1 rings (SSSR count). The second-order valence-electron chi connectivity index (χ2n) is 4.73. The predicted octanol–water partition coefficient (Wildman–Crippen LogP) is 4.35. The predicted molar refractivity (Wildman–Crippen MR) is 79.8 cm³/mol. The van der Waals surface area contributed by atoms with Gasteiger partial charge in [-0.15, -0.1) is 6.58 Å². The Morgan fingerprint density at radius 2 is 2.26 bits per heavy atom. The van der Waals surface area contributed by atoms with Crippen molar-refractivity contribution in [2.24, 2.45) is 5.92 Å². The number of rotatable bonds is 7. The molecule has 0 fully saturated rings. The Hall–Kier alpha value is -1.57. The molecule has 2 nitrogen and oxygen atoms in total. The number of hydrogen-bond donors (Lipinski definition) is 0. The normalized spacial score (nSPS) is 18.9. The lowest BCUT2D eigenvalue weighted by molar-refractivity contribution is -0.138. The number of carbonyl (C=O) groups excluding carboxylic acids is 1. The number of ether oxygens (including phenoxy) is 1. The third kappa shape index (κ3) is 3.95. The SMILES string of the molecule is C=CCC[C@H]1CCC(C(=C)C(=O)OCC)=C1/C=C\C. The highest BCUT2D eigenvalue weighted by atomic mass is 16.5. The van der Waals surface area contributed by atoms with Crippen LogP contribution in [0.3, 0.4) is 0 Å². The van der Waals surface area contributed by atoms with E-state index in [9.17, 15) is 4.79 Å². The zero-order chi connectivity index (χ0) is 14.3. The smallest absolute Gasteiger partial charge is 0.337 e. The molecular formula is C17H24O2. The van der Waals surface area contributed by atoms with E-state index < -0.39 is 0 Å². The van der Waals surface area contributed by atoms with Gasteiger partial charge in [-0.05, 0) is 56.6 Å². The minimum absolute atomic E-state index is 0.288. The van der Waals surface area contributed by atoms with Crippen LogP contribution in [0.15, 0.2) is 48.1 Å². The van der Waals surface area contributed by atoms with Crippen LogP contribution in [0.1, 0.15) is 39.5 Å². The maximum atomic E-state index is 11.8. The van der Waals surface area contributed by atoms with Crippen molar-refractivity contribution in [2.75, 3.05) is 6.61 Å². The van der Waals surface area contributed by atoms with E-state index in [1.807, 2.05) is 26.0 Å². The van der Waals surface area contributed by atoms with Gasteiger partial charge in [-0.1, -0.05) is 24.8 Å². The van der Waals surface area contributed by atoms with E-state index >= 15 is 0 Å². The fraction of sp³-hybridized carbons (Fsp3) is 0.471. The molecule has 19 heavy (non-hydrogen) atoms. The first-order valence-electron chi connectivity index (χ1n) is 6.98. The van der Waals surface area contributed by atoms with E-state index in [0.29, 0.717) is 18.1 Å². The lowest BCUT2D eigenvalue weighted by Gasteiger charge is -2.12. The molecule has 1 atom stereocenters. The second kappa shape index (κ2) is 7.78. The Morgan fingerprint density at radius 1 is 1.53 bits per heavy atom. The van der Waals surface area contributed by atoms with Crippen LogP contribution in [-0.2, 0) is 9.53 Å². The summed E-state index contributed by atoms with van der Waals surface area (Å²) in [5, 5.41) is 0. The van der Waals surface area contributed by atoms with Crippen molar-refractivity contribution in [1.29, 1.82) is 0 Å². The maximum Gasteiger partial charge on any atom is 0.337 e. The quantitative estimate of drug-likeness (QED) is 0.386. The molecule has 1 aliphatic rings. The van der Waals surface area contributed by atoms with Gasteiger partial charge in [0.05, 0.1) is 12.2 Å². The van der Waals surface area contributed by atoms with Gasteiger partial charge in [0.2, 0.25) is 0 Å². The molecule has 0 spiro atoms. The van der Waals surface area contributed by atoms with Gasteiger partial charge in [-0.3, -0.25) is 0 Å². The van der Waals surface area contributed by atoms with Crippen LogP contribution in [-0.4, -0.2) is 12.6 Å². The topological polar surface area (TPSA) is 26.3 Å². The van der Waals surface area contributed by atoms with E-state index in [4.69, 9.17) is 4.74 Å². The minimum atomic E-state index is -0.288. The van der Waals surface area contributed by atoms with Crippen LogP contribution in [0.5, 0.6) is 0 Å². The van der Waals surface area contributed by atoms with Crippen LogP contribution in [0.2, 0.25) is 0 Å². The summed E-state index contributed by atoms with van der Waals surface area (Å²) in [6.45, 7) is 11.9. The van der Waals surface area contributed by atoms with Gasteiger partial charge in [-0.2, -0.15) is 0 Å². The van der Waals surface area contributed by atoms with Gasteiger partial charge < -0.3 is 4.74 Å². The fourth-order valence-electron chi connectivity index (χ4n) is 2.57. The summed E-state index contributed by atoms with van der Waals surface area (Å²) in [6, 6.07) is 0. The summed E-state index contributed by atoms with van der Waals surface area (Å²) in [6.07, 6.45) is 10.2. The molecule has 0 saturated carbocycles. The second-order valence-corrected chi connectivity index (χ2v) is 4.73. The highest BCUT2D eigenvalue weighted by molar-refractivity contribution is 5.93. The molecule has 0 saturated heterocycles. The van der Waals surface area contributed by atoms with Gasteiger partial charge in [-0.25, -0.2) is 4.79 Å². The van der Waals surface area contributed by atoms with Crippen molar-refractivity contribution in [3.63, 3.8) is 0 Å². The Kier molecular flexibility index (Phi) is 6.34. The third-order valence-electron chi connectivity index (χ3n) is 3.48. The molecule has 0 amide bonds. The number of hydrogen-bond acceptors (Lipinski definition) is 2. The fourth-order valence-corrected chi connectivity index (χ4v) is 2.57. The zero-order valence-corrected chi connectivity index (χ0v) is 12.1. The van der Waals surface area contributed by atoms with Gasteiger partial charge in [0, 0.05) is 0 Å². The Bertz CT molecular complexity index is 413. The van der Waals surface area contributed by atoms with Crippen LogP contribution < -0.4 is 0 Å². The van der Waals surface area contributed by atoms with Crippen molar-refractivity contribution >= 4 is 5.97 Å². The molecule has 1 aliphatic carbocycles. The Balaban J connectivity index is 2.93. The van der Waals surface area contributed by atoms with Crippen molar-refractivity contribution in [1.82, 2.24) is 0 Å². The highest BCUT2D eigenvalue weighted by Gasteiger charge is 2.27. The molecule has 0 N–H and O–H groups in total. The average molecular weight is 260 g/mol.